The van der Waals surface area contributed by atoms with Gasteiger partial charge in [0.15, 0.2) is 0 Å². The topological polar surface area (TPSA) is 119 Å². The SMILES string of the molecule is Cc1noc(C)c1CNc1nc(N)nc2cc(-c3ccn[nH]3)sc12. The summed E-state index contributed by atoms with van der Waals surface area (Å²) in [6, 6.07) is 3.89. The molecule has 0 aliphatic heterocycles. The zero-order chi connectivity index (χ0) is 16.7. The van der Waals surface area contributed by atoms with Gasteiger partial charge in [0.05, 0.1) is 26.5 Å². The van der Waals surface area contributed by atoms with Crippen LogP contribution in [0.2, 0.25) is 0 Å². The van der Waals surface area contributed by atoms with E-state index in [1.165, 1.54) is 0 Å². The molecule has 0 aliphatic carbocycles. The van der Waals surface area contributed by atoms with Gasteiger partial charge >= 0.3 is 0 Å². The summed E-state index contributed by atoms with van der Waals surface area (Å²) in [5, 5.41) is 14.2. The summed E-state index contributed by atoms with van der Waals surface area (Å²) in [4.78, 5) is 9.69. The minimum absolute atomic E-state index is 0.234. The number of nitrogens with two attached hydrogens (primary N) is 1. The van der Waals surface area contributed by atoms with Crippen LogP contribution < -0.4 is 11.1 Å². The molecule has 4 aromatic heterocycles. The third-order valence-corrected chi connectivity index (χ3v) is 4.93. The number of anilines is 2. The molecule has 0 amide bonds. The summed E-state index contributed by atoms with van der Waals surface area (Å²) in [6.07, 6.45) is 1.72. The number of nitrogens with one attached hydrogen (secondary N) is 2. The van der Waals surface area contributed by atoms with Gasteiger partial charge in [-0.15, -0.1) is 11.3 Å². The zero-order valence-electron chi connectivity index (χ0n) is 13.1. The molecule has 0 saturated carbocycles. The number of aromatic nitrogens is 5. The van der Waals surface area contributed by atoms with Crippen molar-refractivity contribution < 1.29 is 4.52 Å². The molecule has 4 heterocycles. The van der Waals surface area contributed by atoms with Gasteiger partial charge in [0.1, 0.15) is 11.6 Å². The molecule has 0 aliphatic rings. The minimum Gasteiger partial charge on any atom is -0.368 e. The van der Waals surface area contributed by atoms with Crippen molar-refractivity contribution in [1.82, 2.24) is 25.3 Å². The Bertz CT molecular complexity index is 983. The van der Waals surface area contributed by atoms with E-state index in [-0.39, 0.29) is 5.95 Å². The summed E-state index contributed by atoms with van der Waals surface area (Å²) < 4.78 is 6.14. The van der Waals surface area contributed by atoms with Crippen LogP contribution in [0.5, 0.6) is 0 Å². The van der Waals surface area contributed by atoms with Crippen molar-refractivity contribution >= 4 is 33.3 Å². The molecule has 9 heteroatoms. The van der Waals surface area contributed by atoms with Gasteiger partial charge in [-0.25, -0.2) is 4.98 Å². The zero-order valence-corrected chi connectivity index (χ0v) is 13.9. The Morgan fingerprint density at radius 1 is 1.33 bits per heavy atom. The number of aromatic amines is 1. The Balaban J connectivity index is 1.72. The molecule has 24 heavy (non-hydrogen) atoms. The molecule has 0 atom stereocenters. The summed E-state index contributed by atoms with van der Waals surface area (Å²) in [5.74, 6) is 1.73. The molecule has 4 N–H and O–H groups in total. The van der Waals surface area contributed by atoms with Crippen molar-refractivity contribution in [1.29, 1.82) is 0 Å². The van der Waals surface area contributed by atoms with Gasteiger partial charge in [0.2, 0.25) is 5.95 Å². The van der Waals surface area contributed by atoms with Crippen LogP contribution in [0.25, 0.3) is 20.8 Å². The van der Waals surface area contributed by atoms with Crippen LogP contribution in [0, 0.1) is 13.8 Å². The van der Waals surface area contributed by atoms with E-state index in [4.69, 9.17) is 10.3 Å². The van der Waals surface area contributed by atoms with Crippen LogP contribution in [0.3, 0.4) is 0 Å². The second kappa shape index (κ2) is 5.60. The molecule has 0 aromatic carbocycles. The fourth-order valence-corrected chi connectivity index (χ4v) is 3.56. The van der Waals surface area contributed by atoms with E-state index in [1.807, 2.05) is 26.0 Å². The molecule has 4 aromatic rings. The fourth-order valence-electron chi connectivity index (χ4n) is 2.52. The maximum absolute atomic E-state index is 5.85. The van der Waals surface area contributed by atoms with Crippen LogP contribution in [-0.4, -0.2) is 25.3 Å². The first-order chi connectivity index (χ1) is 11.6. The number of nitrogens with zero attached hydrogens (tertiary/aromatic N) is 4. The number of aryl methyl sites for hydroxylation is 2. The molecular formula is C15H15N7OS. The Kier molecular flexibility index (Phi) is 3.42. The quantitative estimate of drug-likeness (QED) is 0.522. The molecular weight excluding hydrogens is 326 g/mol. The number of fused-ring (bicyclic) bond motifs is 1. The Hall–Kier alpha value is -2.94. The van der Waals surface area contributed by atoms with Crippen molar-refractivity contribution in [2.45, 2.75) is 20.4 Å². The Labute approximate surface area is 141 Å². The average molecular weight is 341 g/mol. The molecule has 0 bridgehead atoms. The molecule has 4 rings (SSSR count). The highest BCUT2D eigenvalue weighted by atomic mass is 32.1. The van der Waals surface area contributed by atoms with E-state index < -0.39 is 0 Å². The van der Waals surface area contributed by atoms with E-state index >= 15 is 0 Å². The van der Waals surface area contributed by atoms with E-state index in [1.54, 1.807) is 17.5 Å². The average Bonchev–Trinajstić information content (AvgIpc) is 3.26. The van der Waals surface area contributed by atoms with Gasteiger partial charge < -0.3 is 15.6 Å². The summed E-state index contributed by atoms with van der Waals surface area (Å²) in [5.41, 5.74) is 9.48. The summed E-state index contributed by atoms with van der Waals surface area (Å²) in [6.45, 7) is 4.37. The lowest BCUT2D eigenvalue weighted by molar-refractivity contribution is 0.392. The van der Waals surface area contributed by atoms with Gasteiger partial charge in [-0.2, -0.15) is 10.1 Å². The minimum atomic E-state index is 0.234. The second-order valence-electron chi connectivity index (χ2n) is 5.38. The van der Waals surface area contributed by atoms with Crippen molar-refractivity contribution in [3.63, 3.8) is 0 Å². The second-order valence-corrected chi connectivity index (χ2v) is 6.43. The fraction of sp³-hybridized carbons (Fsp3) is 0.200. The first-order valence-corrected chi connectivity index (χ1v) is 8.16. The smallest absolute Gasteiger partial charge is 0.222 e. The van der Waals surface area contributed by atoms with Crippen molar-refractivity contribution in [2.75, 3.05) is 11.1 Å². The normalized spacial score (nSPS) is 11.2. The summed E-state index contributed by atoms with van der Waals surface area (Å²) >= 11 is 1.58. The number of H-pyrrole nitrogens is 1. The Morgan fingerprint density at radius 2 is 2.21 bits per heavy atom. The van der Waals surface area contributed by atoms with Crippen LogP contribution >= 0.6 is 11.3 Å². The maximum atomic E-state index is 5.85. The lowest BCUT2D eigenvalue weighted by Crippen LogP contribution is -2.05. The van der Waals surface area contributed by atoms with Gasteiger partial charge in [0.25, 0.3) is 0 Å². The summed E-state index contributed by atoms with van der Waals surface area (Å²) in [7, 11) is 0. The molecule has 8 nitrogen and oxygen atoms in total. The highest BCUT2D eigenvalue weighted by molar-refractivity contribution is 7.22. The van der Waals surface area contributed by atoms with Crippen molar-refractivity contribution in [2.24, 2.45) is 0 Å². The van der Waals surface area contributed by atoms with Gasteiger partial charge in [-0.05, 0) is 26.0 Å². The largest absolute Gasteiger partial charge is 0.368 e. The van der Waals surface area contributed by atoms with Gasteiger partial charge in [-0.1, -0.05) is 5.16 Å². The van der Waals surface area contributed by atoms with Crippen molar-refractivity contribution in [3.8, 4) is 10.6 Å². The van der Waals surface area contributed by atoms with Crippen molar-refractivity contribution in [3.05, 3.63) is 35.3 Å². The Morgan fingerprint density at radius 3 is 2.92 bits per heavy atom. The van der Waals surface area contributed by atoms with E-state index in [2.05, 4.69) is 30.6 Å². The van der Waals surface area contributed by atoms with Gasteiger partial charge in [0, 0.05) is 18.3 Å². The van der Waals surface area contributed by atoms with Crippen LogP contribution in [-0.2, 0) is 6.54 Å². The molecule has 0 saturated heterocycles. The molecule has 0 spiro atoms. The molecule has 0 unspecified atom stereocenters. The number of nitrogen functional groups attached to an aromatic ring is 1. The first-order valence-electron chi connectivity index (χ1n) is 7.34. The molecule has 122 valence electrons. The highest BCUT2D eigenvalue weighted by Crippen LogP contribution is 2.35. The predicted octanol–water partition coefficient (Wildman–Crippen LogP) is 2.88. The standard InChI is InChI=1S/C15H15N7OS/c1-7-9(8(2)23-22-7)6-17-14-13-11(19-15(16)20-14)5-12(24-13)10-3-4-18-21-10/h3-5H,6H2,1-2H3,(H,18,21)(H3,16,17,19,20). The van der Waals surface area contributed by atoms with E-state index in [9.17, 15) is 0 Å². The van der Waals surface area contributed by atoms with Crippen LogP contribution in [0.15, 0.2) is 22.9 Å². The van der Waals surface area contributed by atoms with Crippen LogP contribution in [0.4, 0.5) is 11.8 Å². The molecule has 0 radical (unpaired) electrons. The number of thiophene rings is 1. The maximum Gasteiger partial charge on any atom is 0.222 e. The van der Waals surface area contributed by atoms with E-state index in [0.717, 1.165) is 37.8 Å². The molecule has 0 fully saturated rings. The monoisotopic (exact) mass is 341 g/mol. The van der Waals surface area contributed by atoms with Crippen LogP contribution in [0.1, 0.15) is 17.0 Å². The number of hydrogen-bond acceptors (Lipinski definition) is 8. The lowest BCUT2D eigenvalue weighted by Gasteiger charge is -2.06. The predicted molar refractivity (Wildman–Crippen MR) is 92.7 cm³/mol. The third kappa shape index (κ3) is 2.48. The highest BCUT2D eigenvalue weighted by Gasteiger charge is 2.14. The van der Waals surface area contributed by atoms with E-state index in [0.29, 0.717) is 12.4 Å². The number of rotatable bonds is 4. The van der Waals surface area contributed by atoms with Gasteiger partial charge in [-0.3, -0.25) is 5.10 Å². The first kappa shape index (κ1) is 14.6. The lowest BCUT2D eigenvalue weighted by atomic mass is 10.2. The third-order valence-electron chi connectivity index (χ3n) is 3.77. The number of hydrogen-bond donors (Lipinski definition) is 3.